The molecule has 1 amide bonds. The fraction of sp³-hybridized carbons (Fsp3) is 0.947. The van der Waals surface area contributed by atoms with Gasteiger partial charge in [0.25, 0.3) is 0 Å². The molecule has 2 saturated carbocycles. The Morgan fingerprint density at radius 3 is 2.50 bits per heavy atom. The summed E-state index contributed by atoms with van der Waals surface area (Å²) in [4.78, 5) is 15.0. The molecule has 2 unspecified atom stereocenters. The third-order valence-corrected chi connectivity index (χ3v) is 6.63. The topological polar surface area (TPSA) is 50.8 Å². The predicted molar refractivity (Wildman–Crippen MR) is 91.6 cm³/mol. The van der Waals surface area contributed by atoms with Crippen molar-refractivity contribution in [2.75, 3.05) is 26.3 Å². The first-order valence-electron chi connectivity index (χ1n) is 10.1. The highest BCUT2D eigenvalue weighted by atomic mass is 16.7. The van der Waals surface area contributed by atoms with Gasteiger partial charge in [-0.15, -0.1) is 0 Å². The molecule has 2 heterocycles. The molecule has 136 valence electrons. The van der Waals surface area contributed by atoms with Gasteiger partial charge in [0, 0.05) is 24.9 Å². The minimum absolute atomic E-state index is 0.218. The summed E-state index contributed by atoms with van der Waals surface area (Å²) < 4.78 is 11.5. The smallest absolute Gasteiger partial charge is 0.234 e. The Hall–Kier alpha value is -0.650. The summed E-state index contributed by atoms with van der Waals surface area (Å²) in [5.74, 6) is 0.727. The lowest BCUT2D eigenvalue weighted by Gasteiger charge is -2.44. The molecule has 0 aromatic rings. The van der Waals surface area contributed by atoms with Gasteiger partial charge in [-0.3, -0.25) is 9.69 Å². The van der Waals surface area contributed by atoms with Crippen LogP contribution in [0.2, 0.25) is 0 Å². The molecule has 0 radical (unpaired) electrons. The first-order valence-corrected chi connectivity index (χ1v) is 10.1. The second-order valence-electron chi connectivity index (χ2n) is 8.17. The van der Waals surface area contributed by atoms with Crippen LogP contribution in [0.4, 0.5) is 0 Å². The normalized spacial score (nSPS) is 34.2. The van der Waals surface area contributed by atoms with E-state index in [0.29, 0.717) is 31.8 Å². The zero-order valence-corrected chi connectivity index (χ0v) is 14.8. The number of hydrogen-bond acceptors (Lipinski definition) is 4. The summed E-state index contributed by atoms with van der Waals surface area (Å²) in [5, 5.41) is 3.28. The van der Waals surface area contributed by atoms with Crippen molar-refractivity contribution in [1.82, 2.24) is 10.2 Å². The van der Waals surface area contributed by atoms with Crippen molar-refractivity contribution in [1.29, 1.82) is 0 Å². The Balaban J connectivity index is 1.24. The lowest BCUT2D eigenvalue weighted by Crippen LogP contribution is -2.52. The van der Waals surface area contributed by atoms with Gasteiger partial charge in [-0.2, -0.15) is 0 Å². The van der Waals surface area contributed by atoms with Crippen LogP contribution in [0.25, 0.3) is 0 Å². The minimum atomic E-state index is -0.330. The summed E-state index contributed by atoms with van der Waals surface area (Å²) in [6, 6.07) is 0.955. The van der Waals surface area contributed by atoms with Crippen molar-refractivity contribution in [2.45, 2.75) is 82.1 Å². The third-order valence-electron chi connectivity index (χ3n) is 6.63. The second-order valence-corrected chi connectivity index (χ2v) is 8.17. The first-order chi connectivity index (χ1) is 11.7. The number of nitrogens with one attached hydrogen (secondary N) is 1. The van der Waals surface area contributed by atoms with Crippen molar-refractivity contribution in [3.8, 4) is 0 Å². The van der Waals surface area contributed by atoms with E-state index < -0.39 is 0 Å². The van der Waals surface area contributed by atoms with Gasteiger partial charge in [-0.1, -0.05) is 12.8 Å². The highest BCUT2D eigenvalue weighted by molar-refractivity contribution is 5.78. The summed E-state index contributed by atoms with van der Waals surface area (Å²) in [6.45, 7) is 3.13. The highest BCUT2D eigenvalue weighted by Gasteiger charge is 2.41. The maximum absolute atomic E-state index is 12.6. The average molecular weight is 336 g/mol. The number of hydrogen-bond donors (Lipinski definition) is 1. The van der Waals surface area contributed by atoms with E-state index in [1.54, 1.807) is 0 Å². The molecule has 0 bridgehead atoms. The van der Waals surface area contributed by atoms with Gasteiger partial charge in [0.2, 0.25) is 5.91 Å². The lowest BCUT2D eigenvalue weighted by molar-refractivity contribution is -0.180. The Morgan fingerprint density at radius 1 is 1.00 bits per heavy atom. The standard InChI is InChI=1S/C19H32N2O3/c22-18(14-21-11-3-5-15-4-1-2-6-17(15)21)20-16-7-9-19(10-8-16)23-12-13-24-19/h15-17H,1-14H2,(H,20,22). The summed E-state index contributed by atoms with van der Waals surface area (Å²) >= 11 is 0. The number of carbonyl (C=O) groups is 1. The van der Waals surface area contributed by atoms with Crippen LogP contribution in [-0.2, 0) is 14.3 Å². The van der Waals surface area contributed by atoms with Crippen molar-refractivity contribution < 1.29 is 14.3 Å². The SMILES string of the molecule is O=C(CN1CCCC2CCCCC21)NC1CCC2(CC1)OCCO2. The molecule has 1 spiro atoms. The van der Waals surface area contributed by atoms with Gasteiger partial charge >= 0.3 is 0 Å². The van der Waals surface area contributed by atoms with E-state index in [1.807, 2.05) is 0 Å². The van der Waals surface area contributed by atoms with Gasteiger partial charge in [-0.05, 0) is 51.0 Å². The van der Waals surface area contributed by atoms with Crippen molar-refractivity contribution in [3.63, 3.8) is 0 Å². The molecule has 4 fully saturated rings. The molecule has 4 rings (SSSR count). The average Bonchev–Trinajstić information content (AvgIpc) is 3.06. The lowest BCUT2D eigenvalue weighted by atomic mass is 9.78. The number of piperidine rings is 1. The third kappa shape index (κ3) is 3.63. The number of nitrogens with zero attached hydrogens (tertiary/aromatic N) is 1. The Bertz CT molecular complexity index is 438. The van der Waals surface area contributed by atoms with E-state index in [2.05, 4.69) is 10.2 Å². The Kier molecular flexibility index (Phi) is 5.11. The molecule has 5 heteroatoms. The fourth-order valence-electron chi connectivity index (χ4n) is 5.37. The molecule has 5 nitrogen and oxygen atoms in total. The molecule has 1 N–H and O–H groups in total. The van der Waals surface area contributed by atoms with Gasteiger partial charge in [-0.25, -0.2) is 0 Å². The Labute approximate surface area is 145 Å². The molecule has 2 aliphatic heterocycles. The largest absolute Gasteiger partial charge is 0.352 e. The molecule has 4 aliphatic rings. The summed E-state index contributed by atoms with van der Waals surface area (Å²) in [7, 11) is 0. The van der Waals surface area contributed by atoms with E-state index in [9.17, 15) is 4.79 Å². The number of amides is 1. The van der Waals surface area contributed by atoms with Gasteiger partial charge in [0.05, 0.1) is 19.8 Å². The van der Waals surface area contributed by atoms with Crippen LogP contribution in [0.15, 0.2) is 0 Å². The van der Waals surface area contributed by atoms with Crippen LogP contribution in [0, 0.1) is 5.92 Å². The maximum Gasteiger partial charge on any atom is 0.234 e. The minimum Gasteiger partial charge on any atom is -0.352 e. The summed E-state index contributed by atoms with van der Waals surface area (Å²) in [5.41, 5.74) is 0. The number of ether oxygens (including phenoxy) is 2. The van der Waals surface area contributed by atoms with Crippen LogP contribution in [-0.4, -0.2) is 55.0 Å². The maximum atomic E-state index is 12.6. The van der Waals surface area contributed by atoms with Crippen LogP contribution in [0.5, 0.6) is 0 Å². The van der Waals surface area contributed by atoms with E-state index in [-0.39, 0.29) is 11.7 Å². The van der Waals surface area contributed by atoms with E-state index in [4.69, 9.17) is 9.47 Å². The highest BCUT2D eigenvalue weighted by Crippen LogP contribution is 2.36. The molecule has 2 saturated heterocycles. The second kappa shape index (κ2) is 7.30. The number of fused-ring (bicyclic) bond motifs is 1. The predicted octanol–water partition coefficient (Wildman–Crippen LogP) is 2.44. The number of rotatable bonds is 3. The zero-order chi connectivity index (χ0) is 16.4. The molecular formula is C19H32N2O3. The van der Waals surface area contributed by atoms with Crippen molar-refractivity contribution in [3.05, 3.63) is 0 Å². The van der Waals surface area contributed by atoms with Crippen LogP contribution < -0.4 is 5.32 Å². The first kappa shape index (κ1) is 16.8. The summed E-state index contributed by atoms with van der Waals surface area (Å²) in [6.07, 6.45) is 11.8. The van der Waals surface area contributed by atoms with Gasteiger partial charge in [0.15, 0.2) is 5.79 Å². The van der Waals surface area contributed by atoms with Crippen LogP contribution in [0.3, 0.4) is 0 Å². The molecule has 2 atom stereocenters. The number of likely N-dealkylation sites (tertiary alicyclic amines) is 1. The molecule has 0 aromatic carbocycles. The molecule has 24 heavy (non-hydrogen) atoms. The zero-order valence-electron chi connectivity index (χ0n) is 14.8. The van der Waals surface area contributed by atoms with E-state index in [1.165, 1.54) is 38.5 Å². The number of carbonyl (C=O) groups excluding carboxylic acids is 1. The van der Waals surface area contributed by atoms with E-state index in [0.717, 1.165) is 38.1 Å². The molecular weight excluding hydrogens is 304 g/mol. The van der Waals surface area contributed by atoms with E-state index >= 15 is 0 Å². The fourth-order valence-corrected chi connectivity index (χ4v) is 5.37. The van der Waals surface area contributed by atoms with Gasteiger partial charge in [0.1, 0.15) is 0 Å². The van der Waals surface area contributed by atoms with Crippen LogP contribution in [0.1, 0.15) is 64.2 Å². The van der Waals surface area contributed by atoms with Gasteiger partial charge < -0.3 is 14.8 Å². The Morgan fingerprint density at radius 2 is 1.71 bits per heavy atom. The van der Waals surface area contributed by atoms with Crippen LogP contribution >= 0.6 is 0 Å². The van der Waals surface area contributed by atoms with Crippen molar-refractivity contribution >= 4 is 5.91 Å². The monoisotopic (exact) mass is 336 g/mol. The quantitative estimate of drug-likeness (QED) is 0.860. The molecule has 2 aliphatic carbocycles. The van der Waals surface area contributed by atoms with Crippen molar-refractivity contribution in [2.24, 2.45) is 5.92 Å². The molecule has 0 aromatic heterocycles.